The number of nitro benzene ring substituents is 1. The van der Waals surface area contributed by atoms with Gasteiger partial charge in [0.25, 0.3) is 11.6 Å². The number of carbonyl (C=O) groups is 1. The summed E-state index contributed by atoms with van der Waals surface area (Å²) in [7, 11) is 0. The number of carbonyl (C=O) groups excluding carboxylic acids is 1. The SMILES string of the molecule is CCCCOc1ccc2oc(C)c(C(=O)Nc3cc(OCC)ccc3[N+](=O)[O-])c2c1. The average molecular weight is 412 g/mol. The number of ether oxygens (including phenoxy) is 2. The first-order valence-corrected chi connectivity index (χ1v) is 9.83. The van der Waals surface area contributed by atoms with Crippen molar-refractivity contribution in [3.8, 4) is 11.5 Å². The lowest BCUT2D eigenvalue weighted by Gasteiger charge is -2.09. The summed E-state index contributed by atoms with van der Waals surface area (Å²) in [4.78, 5) is 23.9. The van der Waals surface area contributed by atoms with Gasteiger partial charge in [0.2, 0.25) is 0 Å². The fourth-order valence-electron chi connectivity index (χ4n) is 3.12. The van der Waals surface area contributed by atoms with Crippen molar-refractivity contribution < 1.29 is 23.6 Å². The molecule has 0 unspecified atom stereocenters. The van der Waals surface area contributed by atoms with Gasteiger partial charge in [-0.05, 0) is 44.5 Å². The van der Waals surface area contributed by atoms with Crippen LogP contribution in [0, 0.1) is 17.0 Å². The third-order valence-corrected chi connectivity index (χ3v) is 4.55. The molecule has 8 nitrogen and oxygen atoms in total. The first-order chi connectivity index (χ1) is 14.4. The van der Waals surface area contributed by atoms with Gasteiger partial charge in [0.05, 0.1) is 23.7 Å². The van der Waals surface area contributed by atoms with Crippen molar-refractivity contribution in [3.05, 3.63) is 57.8 Å². The molecule has 0 aliphatic carbocycles. The number of rotatable bonds is 9. The Hall–Kier alpha value is -3.55. The maximum Gasteiger partial charge on any atom is 0.293 e. The Labute approximate surface area is 173 Å². The summed E-state index contributed by atoms with van der Waals surface area (Å²) >= 11 is 0. The molecule has 1 heterocycles. The molecule has 2 aromatic carbocycles. The smallest absolute Gasteiger partial charge is 0.293 e. The van der Waals surface area contributed by atoms with Gasteiger partial charge in [-0.1, -0.05) is 13.3 Å². The molecule has 30 heavy (non-hydrogen) atoms. The monoisotopic (exact) mass is 412 g/mol. The van der Waals surface area contributed by atoms with Crippen LogP contribution >= 0.6 is 0 Å². The third-order valence-electron chi connectivity index (χ3n) is 4.55. The number of fused-ring (bicyclic) bond motifs is 1. The van der Waals surface area contributed by atoms with Crippen LogP contribution in [0.2, 0.25) is 0 Å². The quantitative estimate of drug-likeness (QED) is 0.283. The normalized spacial score (nSPS) is 10.8. The molecular formula is C22H24N2O6. The molecule has 1 N–H and O–H groups in total. The number of nitrogens with one attached hydrogen (secondary N) is 1. The van der Waals surface area contributed by atoms with Crippen LogP contribution in [0.5, 0.6) is 11.5 Å². The van der Waals surface area contributed by atoms with Crippen molar-refractivity contribution in [2.24, 2.45) is 0 Å². The number of nitrogens with zero attached hydrogens (tertiary/aromatic N) is 1. The maximum atomic E-state index is 13.1. The van der Waals surface area contributed by atoms with E-state index in [2.05, 4.69) is 12.2 Å². The molecular weight excluding hydrogens is 388 g/mol. The fraction of sp³-hybridized carbons (Fsp3) is 0.318. The van der Waals surface area contributed by atoms with E-state index in [4.69, 9.17) is 13.9 Å². The Bertz CT molecular complexity index is 1070. The van der Waals surface area contributed by atoms with Gasteiger partial charge in [0.15, 0.2) is 0 Å². The van der Waals surface area contributed by atoms with Crippen LogP contribution in [0.1, 0.15) is 42.8 Å². The predicted molar refractivity (Wildman–Crippen MR) is 114 cm³/mol. The summed E-state index contributed by atoms with van der Waals surface area (Å²) in [6, 6.07) is 9.53. The highest BCUT2D eigenvalue weighted by Crippen LogP contribution is 2.33. The molecule has 0 radical (unpaired) electrons. The number of hydrogen-bond acceptors (Lipinski definition) is 6. The zero-order valence-electron chi connectivity index (χ0n) is 17.2. The molecule has 0 fully saturated rings. The Morgan fingerprint density at radius 1 is 1.13 bits per heavy atom. The summed E-state index contributed by atoms with van der Waals surface area (Å²) in [5.41, 5.74) is 0.681. The molecule has 0 bridgehead atoms. The van der Waals surface area contributed by atoms with Crippen molar-refractivity contribution in [1.82, 2.24) is 0 Å². The first kappa shape index (κ1) is 21.2. The Kier molecular flexibility index (Phi) is 6.56. The molecule has 0 aliphatic heterocycles. The van der Waals surface area contributed by atoms with E-state index < -0.39 is 10.8 Å². The van der Waals surface area contributed by atoms with Crippen molar-refractivity contribution in [2.75, 3.05) is 18.5 Å². The second kappa shape index (κ2) is 9.30. The molecule has 0 saturated carbocycles. The van der Waals surface area contributed by atoms with E-state index in [-0.39, 0.29) is 11.4 Å². The molecule has 1 aromatic heterocycles. The van der Waals surface area contributed by atoms with E-state index in [1.807, 2.05) is 0 Å². The zero-order valence-corrected chi connectivity index (χ0v) is 17.2. The summed E-state index contributed by atoms with van der Waals surface area (Å²) in [5, 5.41) is 14.6. The van der Waals surface area contributed by atoms with Crippen LogP contribution in [0.25, 0.3) is 11.0 Å². The number of aryl methyl sites for hydroxylation is 1. The van der Waals surface area contributed by atoms with Crippen LogP contribution < -0.4 is 14.8 Å². The Morgan fingerprint density at radius 3 is 2.57 bits per heavy atom. The molecule has 0 saturated heterocycles. The lowest BCUT2D eigenvalue weighted by molar-refractivity contribution is -0.383. The number of amides is 1. The van der Waals surface area contributed by atoms with Crippen LogP contribution in [-0.2, 0) is 0 Å². The van der Waals surface area contributed by atoms with Crippen molar-refractivity contribution in [3.63, 3.8) is 0 Å². The topological polar surface area (TPSA) is 104 Å². The lowest BCUT2D eigenvalue weighted by Crippen LogP contribution is -2.14. The number of furan rings is 1. The molecule has 158 valence electrons. The van der Waals surface area contributed by atoms with Crippen LogP contribution in [0.3, 0.4) is 0 Å². The number of anilines is 1. The van der Waals surface area contributed by atoms with Crippen molar-refractivity contribution in [2.45, 2.75) is 33.6 Å². The van der Waals surface area contributed by atoms with Crippen molar-refractivity contribution in [1.29, 1.82) is 0 Å². The van der Waals surface area contributed by atoms with Gasteiger partial charge in [0.1, 0.15) is 28.5 Å². The Balaban J connectivity index is 1.95. The van der Waals surface area contributed by atoms with Crippen molar-refractivity contribution >= 4 is 28.3 Å². The minimum atomic E-state index is -0.550. The predicted octanol–water partition coefficient (Wildman–Crippen LogP) is 5.48. The fourth-order valence-corrected chi connectivity index (χ4v) is 3.12. The molecule has 3 rings (SSSR count). The molecule has 3 aromatic rings. The minimum absolute atomic E-state index is 0.0556. The van der Waals surface area contributed by atoms with Gasteiger partial charge in [-0.2, -0.15) is 0 Å². The number of hydrogen-bond donors (Lipinski definition) is 1. The van der Waals surface area contributed by atoms with Gasteiger partial charge in [-0.3, -0.25) is 14.9 Å². The summed E-state index contributed by atoms with van der Waals surface area (Å²) < 4.78 is 16.8. The molecule has 8 heteroatoms. The number of unbranched alkanes of at least 4 members (excludes halogenated alkanes) is 1. The van der Waals surface area contributed by atoms with Crippen LogP contribution in [0.4, 0.5) is 11.4 Å². The third kappa shape index (κ3) is 4.53. The highest BCUT2D eigenvalue weighted by atomic mass is 16.6. The lowest BCUT2D eigenvalue weighted by atomic mass is 10.1. The van der Waals surface area contributed by atoms with Gasteiger partial charge in [-0.25, -0.2) is 0 Å². The van der Waals surface area contributed by atoms with E-state index >= 15 is 0 Å². The van der Waals surface area contributed by atoms with E-state index in [0.29, 0.717) is 47.0 Å². The van der Waals surface area contributed by atoms with Gasteiger partial charge in [0, 0.05) is 17.5 Å². The largest absolute Gasteiger partial charge is 0.494 e. The van der Waals surface area contributed by atoms with E-state index in [9.17, 15) is 14.9 Å². The molecule has 0 atom stereocenters. The van der Waals surface area contributed by atoms with Gasteiger partial charge >= 0.3 is 0 Å². The zero-order chi connectivity index (χ0) is 21.7. The highest BCUT2D eigenvalue weighted by Gasteiger charge is 2.23. The Morgan fingerprint density at radius 2 is 1.87 bits per heavy atom. The van der Waals surface area contributed by atoms with E-state index in [1.54, 1.807) is 32.0 Å². The van der Waals surface area contributed by atoms with Gasteiger partial charge in [-0.15, -0.1) is 0 Å². The second-order valence-corrected chi connectivity index (χ2v) is 6.72. The minimum Gasteiger partial charge on any atom is -0.494 e. The highest BCUT2D eigenvalue weighted by molar-refractivity contribution is 6.14. The summed E-state index contributed by atoms with van der Waals surface area (Å²) in [5.74, 6) is 0.972. The first-order valence-electron chi connectivity index (χ1n) is 9.83. The average Bonchev–Trinajstić information content (AvgIpc) is 3.03. The molecule has 1 amide bonds. The number of benzene rings is 2. The second-order valence-electron chi connectivity index (χ2n) is 6.72. The summed E-state index contributed by atoms with van der Waals surface area (Å²) in [6.07, 6.45) is 1.94. The van der Waals surface area contributed by atoms with E-state index in [0.717, 1.165) is 12.8 Å². The standard InChI is InChI=1S/C22H24N2O6/c1-4-6-11-29-15-8-10-20-17(12-15)21(14(3)30-20)22(25)23-18-13-16(28-5-2)7-9-19(18)24(26)27/h7-10,12-13H,4-6,11H2,1-3H3,(H,23,25). The maximum absolute atomic E-state index is 13.1. The summed E-state index contributed by atoms with van der Waals surface area (Å²) in [6.45, 7) is 6.54. The number of nitro groups is 1. The molecule has 0 aliphatic rings. The van der Waals surface area contributed by atoms with E-state index in [1.165, 1.54) is 18.2 Å². The van der Waals surface area contributed by atoms with Gasteiger partial charge < -0.3 is 19.2 Å². The van der Waals surface area contributed by atoms with Crippen LogP contribution in [-0.4, -0.2) is 24.0 Å². The molecule has 0 spiro atoms. The van der Waals surface area contributed by atoms with Crippen LogP contribution in [0.15, 0.2) is 40.8 Å².